The molecule has 0 atom stereocenters. The molecule has 0 aromatic heterocycles. The zero-order chi connectivity index (χ0) is 3.58. The van der Waals surface area contributed by atoms with Crippen LogP contribution in [0, 0.1) is 0 Å². The molecule has 0 saturated heterocycles. The van der Waals surface area contributed by atoms with Crippen molar-refractivity contribution >= 4 is 46.6 Å². The number of carboxylic acid groups (broad SMARTS) is 2. The van der Waals surface area contributed by atoms with E-state index in [1.165, 1.54) is 0 Å². The Morgan fingerprint density at radius 3 is 0.818 bits per heavy atom. The minimum Gasteiger partial charge on any atom is -0.870 e. The third-order valence-corrected chi connectivity index (χ3v) is 0. The summed E-state index contributed by atoms with van der Waals surface area (Å²) in [7, 11) is 0. The number of rotatable bonds is 0. The van der Waals surface area contributed by atoms with Crippen molar-refractivity contribution in [3.05, 3.63) is 0 Å². The predicted octanol–water partition coefficient (Wildman–Crippen LogP) is -1.42. The molecule has 0 bridgehead atoms. The maximum atomic E-state index is 8.56. The van der Waals surface area contributed by atoms with E-state index < -0.39 is 6.16 Å². The Morgan fingerprint density at radius 2 is 0.818 bits per heavy atom. The van der Waals surface area contributed by atoms with Crippen molar-refractivity contribution in [3.8, 4) is 0 Å². The maximum absolute atomic E-state index is 8.56. The second kappa shape index (κ2) is 80.2. The molecule has 0 heterocycles. The van der Waals surface area contributed by atoms with Gasteiger partial charge in [0.1, 0.15) is 0 Å². The van der Waals surface area contributed by atoms with Crippen molar-refractivity contribution in [1.82, 2.24) is 0 Å². The van der Waals surface area contributed by atoms with Gasteiger partial charge in [0, 0.05) is 0 Å². The smallest absolute Gasteiger partial charge is 0.870 e. The molecule has 11 heavy (non-hydrogen) atoms. The third-order valence-electron chi connectivity index (χ3n) is 0. The van der Waals surface area contributed by atoms with E-state index in [1.54, 1.807) is 0 Å². The predicted molar refractivity (Wildman–Crippen MR) is 31.8 cm³/mol. The van der Waals surface area contributed by atoms with Crippen LogP contribution in [0.3, 0.4) is 0 Å². The molecule has 0 spiro atoms. The molecule has 0 fully saturated rings. The van der Waals surface area contributed by atoms with Crippen molar-refractivity contribution in [3.63, 3.8) is 0 Å². The Morgan fingerprint density at radius 1 is 0.818 bits per heavy atom. The molecular weight excluding hydrogens is 191 g/mol. The zero-order valence-corrected chi connectivity index (χ0v) is 7.89. The van der Waals surface area contributed by atoms with E-state index in [-0.39, 0.29) is 67.8 Å². The van der Waals surface area contributed by atoms with E-state index in [0.29, 0.717) is 0 Å². The van der Waals surface area contributed by atoms with Crippen molar-refractivity contribution in [1.29, 1.82) is 0 Å². The van der Waals surface area contributed by atoms with E-state index in [9.17, 15) is 0 Å². The van der Waals surface area contributed by atoms with Gasteiger partial charge in [-0.15, -0.1) is 0 Å². The molecule has 0 saturated carbocycles. The average Bonchev–Trinajstić information content (AvgIpc) is 0.811. The van der Waals surface area contributed by atoms with Crippen molar-refractivity contribution in [2.24, 2.45) is 0 Å². The number of carbonyl (C=O) groups is 1. The molecule has 8 nitrogen and oxygen atoms in total. The molecule has 0 amide bonds. The van der Waals surface area contributed by atoms with Crippen LogP contribution in [0.4, 0.5) is 4.79 Å². The zero-order valence-electron chi connectivity index (χ0n) is 5.32. The van der Waals surface area contributed by atoms with E-state index in [1.807, 2.05) is 0 Å². The van der Waals surface area contributed by atoms with E-state index in [2.05, 4.69) is 0 Å². The molecule has 0 aliphatic carbocycles. The van der Waals surface area contributed by atoms with Gasteiger partial charge in [0.25, 0.3) is 0 Å². The second-order valence-electron chi connectivity index (χ2n) is 0.283. The average molecular weight is 198 g/mol. The van der Waals surface area contributed by atoms with E-state index >= 15 is 0 Å². The van der Waals surface area contributed by atoms with Gasteiger partial charge in [0.15, 0.2) is 0 Å². The van der Waals surface area contributed by atoms with Gasteiger partial charge in [-0.3, -0.25) is 0 Å². The molecule has 7 N–H and O–H groups in total. The van der Waals surface area contributed by atoms with Crippen molar-refractivity contribution in [2.75, 3.05) is 0 Å². The van der Waals surface area contributed by atoms with Gasteiger partial charge in [-0.05, 0) is 0 Å². The molecule has 0 aromatic rings. The summed E-state index contributed by atoms with van der Waals surface area (Å²) in [6, 6.07) is 0. The molecule has 0 aliphatic rings. The molecule has 0 rings (SSSR count). The fraction of sp³-hybridized carbons (Fsp3) is 0. The fourth-order valence-electron chi connectivity index (χ4n) is 0. The Hall–Kier alpha value is 0.369. The summed E-state index contributed by atoms with van der Waals surface area (Å²) in [5.74, 6) is 0. The Labute approximate surface area is 89.0 Å². The van der Waals surface area contributed by atoms with Crippen LogP contribution in [0.15, 0.2) is 0 Å². The third kappa shape index (κ3) is 5340. The van der Waals surface area contributed by atoms with E-state index in [4.69, 9.17) is 15.0 Å². The monoisotopic (exact) mass is 198 g/mol. The van der Waals surface area contributed by atoms with Crippen molar-refractivity contribution in [2.45, 2.75) is 0 Å². The summed E-state index contributed by atoms with van der Waals surface area (Å²) in [5, 5.41) is 13.9. The summed E-state index contributed by atoms with van der Waals surface area (Å²) in [5.41, 5.74) is 0. The van der Waals surface area contributed by atoms with Crippen LogP contribution in [-0.2, 0) is 0 Å². The SMILES string of the molecule is O=C(O)O.[Al+3].[Mg+2].[OH-].[OH-].[OH-].[OH-].[OH-]. The van der Waals surface area contributed by atoms with Crippen LogP contribution in [0.1, 0.15) is 0 Å². The topological polar surface area (TPSA) is 208 Å². The van der Waals surface area contributed by atoms with E-state index in [0.717, 1.165) is 0 Å². The molecule has 64 valence electrons. The van der Waals surface area contributed by atoms with Crippen LogP contribution in [0.5, 0.6) is 0 Å². The number of hydrogen-bond donors (Lipinski definition) is 2. The van der Waals surface area contributed by atoms with Gasteiger partial charge in [0.05, 0.1) is 0 Å². The van der Waals surface area contributed by atoms with Crippen LogP contribution in [0.25, 0.3) is 0 Å². The summed E-state index contributed by atoms with van der Waals surface area (Å²) in [4.78, 5) is 8.56. The second-order valence-corrected chi connectivity index (χ2v) is 0.283. The van der Waals surface area contributed by atoms with Crippen LogP contribution >= 0.6 is 0 Å². The standard InChI is InChI=1S/CH2O3.Al.Mg.5H2O/c2-1(3)4;;;;;;;/h(H2,2,3,4);;;5*1H2/q;+3;+2;;;;;/p-5. The first kappa shape index (κ1) is 108. The molecule has 0 unspecified atom stereocenters. The summed E-state index contributed by atoms with van der Waals surface area (Å²) in [6.45, 7) is 0. The van der Waals surface area contributed by atoms with Gasteiger partial charge >= 0.3 is 46.6 Å². The molecule has 10 heteroatoms. The minimum atomic E-state index is -1.83. The van der Waals surface area contributed by atoms with Gasteiger partial charge < -0.3 is 37.6 Å². The quantitative estimate of drug-likeness (QED) is 0.440. The summed E-state index contributed by atoms with van der Waals surface area (Å²) >= 11 is 0. The normalized spacial score (nSPS) is 2.18. The fourth-order valence-corrected chi connectivity index (χ4v) is 0. The van der Waals surface area contributed by atoms with Gasteiger partial charge in [-0.2, -0.15) is 0 Å². The first-order valence-corrected chi connectivity index (χ1v) is 0.651. The Bertz CT molecular complexity index is 37.1. The molecular formula is CH7AlMgO8. The van der Waals surface area contributed by atoms with Gasteiger partial charge in [-0.1, -0.05) is 0 Å². The minimum absolute atomic E-state index is 0. The Kier molecular flexibility index (Phi) is 785. The van der Waals surface area contributed by atoms with Crippen LogP contribution < -0.4 is 0 Å². The first-order chi connectivity index (χ1) is 1.73. The Balaban J connectivity index is -0.00000000214. The van der Waals surface area contributed by atoms with Crippen LogP contribution in [0.2, 0.25) is 0 Å². The van der Waals surface area contributed by atoms with Gasteiger partial charge in [0.2, 0.25) is 0 Å². The van der Waals surface area contributed by atoms with Crippen LogP contribution in [-0.4, -0.2) is 84.2 Å². The molecule has 0 radical (unpaired) electrons. The summed E-state index contributed by atoms with van der Waals surface area (Å²) < 4.78 is 0. The van der Waals surface area contributed by atoms with Gasteiger partial charge in [-0.25, -0.2) is 4.79 Å². The van der Waals surface area contributed by atoms with Crippen molar-refractivity contribution < 1.29 is 42.4 Å². The molecule has 0 aromatic carbocycles. The first-order valence-electron chi connectivity index (χ1n) is 0.651. The summed E-state index contributed by atoms with van der Waals surface area (Å²) in [6.07, 6.45) is -1.83. The largest absolute Gasteiger partial charge is 3.00 e. The molecule has 0 aliphatic heterocycles. The number of hydrogen-bond acceptors (Lipinski definition) is 6. The maximum Gasteiger partial charge on any atom is 3.00 e.